The van der Waals surface area contributed by atoms with E-state index in [0.29, 0.717) is 12.3 Å². The summed E-state index contributed by atoms with van der Waals surface area (Å²) >= 11 is 0. The smallest absolute Gasteiger partial charge is 0.280 e. The van der Waals surface area contributed by atoms with Crippen molar-refractivity contribution in [3.63, 3.8) is 0 Å². The summed E-state index contributed by atoms with van der Waals surface area (Å²) in [6.45, 7) is 3.09. The van der Waals surface area contributed by atoms with Gasteiger partial charge in [-0.2, -0.15) is 0 Å². The number of para-hydroxylation sites is 1. The fourth-order valence-electron chi connectivity index (χ4n) is 2.82. The van der Waals surface area contributed by atoms with Crippen molar-refractivity contribution in [2.24, 2.45) is 5.92 Å². The molecule has 0 aliphatic carbocycles. The highest BCUT2D eigenvalue weighted by atomic mass is 16.6. The highest BCUT2D eigenvalue weighted by molar-refractivity contribution is 6.00. The summed E-state index contributed by atoms with van der Waals surface area (Å²) in [5.41, 5.74) is 0.123. The molecule has 1 heterocycles. The number of carbonyl (C=O) groups is 1. The van der Waals surface area contributed by atoms with Gasteiger partial charge in [0.05, 0.1) is 10.5 Å². The van der Waals surface area contributed by atoms with Crippen LogP contribution in [0.25, 0.3) is 0 Å². The number of Topliss-reactive ketones (excluding diaryl/α,β-unsaturated/α-hetero) is 1. The molecule has 1 N–H and O–H groups in total. The Hall–Kier alpha value is -1.75. The van der Waals surface area contributed by atoms with Crippen molar-refractivity contribution in [3.05, 3.63) is 39.9 Å². The van der Waals surface area contributed by atoms with E-state index in [1.807, 2.05) is 0 Å². The molecule has 2 atom stereocenters. The molecule has 2 unspecified atom stereocenters. The van der Waals surface area contributed by atoms with E-state index in [1.54, 1.807) is 18.2 Å². The number of nitro benzene ring substituents is 1. The molecular formula is C15H20N2O3. The number of piperidine rings is 1. The van der Waals surface area contributed by atoms with Gasteiger partial charge in [0.25, 0.3) is 5.69 Å². The SMILES string of the molecule is CCC1CCNC(CC(=O)c2ccccc2[N+](=O)[O-])C1. The normalized spacial score (nSPS) is 22.4. The van der Waals surface area contributed by atoms with Gasteiger partial charge in [0.1, 0.15) is 0 Å². The monoisotopic (exact) mass is 276 g/mol. The third kappa shape index (κ3) is 3.42. The van der Waals surface area contributed by atoms with Crippen LogP contribution >= 0.6 is 0 Å². The van der Waals surface area contributed by atoms with E-state index in [4.69, 9.17) is 0 Å². The van der Waals surface area contributed by atoms with E-state index < -0.39 is 4.92 Å². The lowest BCUT2D eigenvalue weighted by Gasteiger charge is -2.29. The predicted octanol–water partition coefficient (Wildman–Crippen LogP) is 2.95. The second kappa shape index (κ2) is 6.61. The third-order valence-corrected chi connectivity index (χ3v) is 4.01. The molecule has 0 radical (unpaired) electrons. The van der Waals surface area contributed by atoms with Gasteiger partial charge < -0.3 is 5.32 Å². The molecule has 1 aliphatic rings. The molecule has 1 aromatic carbocycles. The van der Waals surface area contributed by atoms with Gasteiger partial charge in [0.2, 0.25) is 0 Å². The zero-order valence-corrected chi connectivity index (χ0v) is 11.7. The predicted molar refractivity (Wildman–Crippen MR) is 76.8 cm³/mol. The van der Waals surface area contributed by atoms with Crippen LogP contribution in [0.2, 0.25) is 0 Å². The van der Waals surface area contributed by atoms with Crippen LogP contribution in [0.3, 0.4) is 0 Å². The van der Waals surface area contributed by atoms with Gasteiger partial charge in [-0.3, -0.25) is 14.9 Å². The summed E-state index contributed by atoms with van der Waals surface area (Å²) in [7, 11) is 0. The van der Waals surface area contributed by atoms with Gasteiger partial charge in [-0.1, -0.05) is 25.5 Å². The zero-order valence-electron chi connectivity index (χ0n) is 11.7. The van der Waals surface area contributed by atoms with Crippen molar-refractivity contribution in [2.75, 3.05) is 6.54 Å². The minimum Gasteiger partial charge on any atom is -0.314 e. The Morgan fingerprint density at radius 1 is 1.45 bits per heavy atom. The standard InChI is InChI=1S/C15H20N2O3/c1-2-11-7-8-16-12(9-11)10-15(18)13-5-3-4-6-14(13)17(19)20/h3-6,11-12,16H,2,7-10H2,1H3. The van der Waals surface area contributed by atoms with E-state index in [2.05, 4.69) is 12.2 Å². The molecule has 0 bridgehead atoms. The molecule has 0 saturated carbocycles. The molecule has 5 heteroatoms. The number of ketones is 1. The van der Waals surface area contributed by atoms with Crippen molar-refractivity contribution < 1.29 is 9.72 Å². The van der Waals surface area contributed by atoms with E-state index in [0.717, 1.165) is 25.8 Å². The van der Waals surface area contributed by atoms with Crippen molar-refractivity contribution in [1.29, 1.82) is 0 Å². The lowest BCUT2D eigenvalue weighted by atomic mass is 9.87. The van der Waals surface area contributed by atoms with E-state index in [9.17, 15) is 14.9 Å². The van der Waals surface area contributed by atoms with Crippen molar-refractivity contribution >= 4 is 11.5 Å². The number of nitrogens with one attached hydrogen (secondary N) is 1. The Kier molecular flexibility index (Phi) is 4.84. The Morgan fingerprint density at radius 2 is 2.20 bits per heavy atom. The Labute approximate surface area is 118 Å². The average Bonchev–Trinajstić information content (AvgIpc) is 2.47. The van der Waals surface area contributed by atoms with Crippen LogP contribution in [0.15, 0.2) is 24.3 Å². The van der Waals surface area contributed by atoms with Gasteiger partial charge in [0.15, 0.2) is 5.78 Å². The molecule has 20 heavy (non-hydrogen) atoms. The first kappa shape index (κ1) is 14.7. The first-order valence-corrected chi connectivity index (χ1v) is 7.11. The molecule has 1 aliphatic heterocycles. The molecule has 108 valence electrons. The number of rotatable bonds is 5. The number of nitro groups is 1. The fraction of sp³-hybridized carbons (Fsp3) is 0.533. The summed E-state index contributed by atoms with van der Waals surface area (Å²) in [6.07, 6.45) is 3.58. The lowest BCUT2D eigenvalue weighted by Crippen LogP contribution is -2.39. The summed E-state index contributed by atoms with van der Waals surface area (Å²) in [5.74, 6) is 0.506. The molecule has 0 spiro atoms. The first-order chi connectivity index (χ1) is 9.61. The van der Waals surface area contributed by atoms with Crippen molar-refractivity contribution in [3.8, 4) is 0 Å². The molecule has 1 fully saturated rings. The van der Waals surface area contributed by atoms with E-state index in [1.165, 1.54) is 6.07 Å². The van der Waals surface area contributed by atoms with Gasteiger partial charge in [-0.15, -0.1) is 0 Å². The molecular weight excluding hydrogens is 256 g/mol. The average molecular weight is 276 g/mol. The van der Waals surface area contributed by atoms with Crippen LogP contribution in [0.4, 0.5) is 5.69 Å². The summed E-state index contributed by atoms with van der Waals surface area (Å²) in [6, 6.07) is 6.32. The molecule has 5 nitrogen and oxygen atoms in total. The number of hydrogen-bond donors (Lipinski definition) is 1. The Morgan fingerprint density at radius 3 is 2.90 bits per heavy atom. The van der Waals surface area contributed by atoms with E-state index in [-0.39, 0.29) is 23.1 Å². The van der Waals surface area contributed by atoms with Gasteiger partial charge in [0, 0.05) is 18.5 Å². The quantitative estimate of drug-likeness (QED) is 0.510. The van der Waals surface area contributed by atoms with Crippen LogP contribution in [0.5, 0.6) is 0 Å². The van der Waals surface area contributed by atoms with Gasteiger partial charge in [-0.25, -0.2) is 0 Å². The summed E-state index contributed by atoms with van der Waals surface area (Å²) in [4.78, 5) is 22.8. The molecule has 1 aromatic rings. The first-order valence-electron chi connectivity index (χ1n) is 7.11. The maximum atomic E-state index is 12.3. The molecule has 2 rings (SSSR count). The highest BCUT2D eigenvalue weighted by Gasteiger charge is 2.25. The van der Waals surface area contributed by atoms with Gasteiger partial charge in [-0.05, 0) is 31.4 Å². The van der Waals surface area contributed by atoms with Crippen LogP contribution in [-0.4, -0.2) is 23.3 Å². The molecule has 1 saturated heterocycles. The number of nitrogens with zero attached hydrogens (tertiary/aromatic N) is 1. The second-order valence-corrected chi connectivity index (χ2v) is 5.35. The van der Waals surface area contributed by atoms with Crippen LogP contribution in [0, 0.1) is 16.0 Å². The lowest BCUT2D eigenvalue weighted by molar-refractivity contribution is -0.385. The largest absolute Gasteiger partial charge is 0.314 e. The number of benzene rings is 1. The van der Waals surface area contributed by atoms with Gasteiger partial charge >= 0.3 is 0 Å². The maximum absolute atomic E-state index is 12.3. The molecule has 0 aromatic heterocycles. The fourth-order valence-corrected chi connectivity index (χ4v) is 2.82. The van der Waals surface area contributed by atoms with Crippen LogP contribution in [-0.2, 0) is 0 Å². The second-order valence-electron chi connectivity index (χ2n) is 5.35. The zero-order chi connectivity index (χ0) is 14.5. The summed E-state index contributed by atoms with van der Waals surface area (Å²) < 4.78 is 0. The summed E-state index contributed by atoms with van der Waals surface area (Å²) in [5, 5.41) is 14.3. The number of carbonyl (C=O) groups excluding carboxylic acids is 1. The molecule has 0 amide bonds. The maximum Gasteiger partial charge on any atom is 0.280 e. The minimum absolute atomic E-state index is 0.0969. The number of hydrogen-bond acceptors (Lipinski definition) is 4. The Balaban J connectivity index is 2.07. The van der Waals surface area contributed by atoms with Crippen molar-refractivity contribution in [2.45, 2.75) is 38.6 Å². The third-order valence-electron chi connectivity index (χ3n) is 4.01. The topological polar surface area (TPSA) is 72.2 Å². The Bertz CT molecular complexity index is 502. The van der Waals surface area contributed by atoms with Crippen LogP contribution < -0.4 is 5.32 Å². The van der Waals surface area contributed by atoms with Crippen LogP contribution in [0.1, 0.15) is 43.0 Å². The van der Waals surface area contributed by atoms with E-state index >= 15 is 0 Å². The minimum atomic E-state index is -0.490. The van der Waals surface area contributed by atoms with Crippen molar-refractivity contribution in [1.82, 2.24) is 5.32 Å². The highest BCUT2D eigenvalue weighted by Crippen LogP contribution is 2.24.